The molecule has 0 aromatic heterocycles. The quantitative estimate of drug-likeness (QED) is 0.870. The third-order valence-electron chi connectivity index (χ3n) is 4.20. The SMILES string of the molecule is O=C(NN1CC[NH+](Cc2ccccc2)CC1)c1ccc(Cl)cc1Cl. The highest BCUT2D eigenvalue weighted by Crippen LogP contribution is 2.20. The van der Waals surface area contributed by atoms with Crippen LogP contribution in [-0.2, 0) is 6.54 Å². The number of benzene rings is 2. The molecule has 6 heteroatoms. The van der Waals surface area contributed by atoms with E-state index in [9.17, 15) is 4.79 Å². The number of hydrogen-bond acceptors (Lipinski definition) is 2. The summed E-state index contributed by atoms with van der Waals surface area (Å²) in [5.41, 5.74) is 4.72. The molecule has 0 spiro atoms. The van der Waals surface area contributed by atoms with Crippen LogP contribution in [0.4, 0.5) is 0 Å². The van der Waals surface area contributed by atoms with Crippen molar-refractivity contribution in [3.8, 4) is 0 Å². The zero-order chi connectivity index (χ0) is 16.9. The maximum absolute atomic E-state index is 12.3. The molecule has 1 fully saturated rings. The van der Waals surface area contributed by atoms with Crippen LogP contribution >= 0.6 is 23.2 Å². The predicted molar refractivity (Wildman–Crippen MR) is 96.3 cm³/mol. The fraction of sp³-hybridized carbons (Fsp3) is 0.278. The monoisotopic (exact) mass is 364 g/mol. The number of piperazine rings is 1. The Balaban J connectivity index is 1.51. The minimum absolute atomic E-state index is 0.192. The molecule has 24 heavy (non-hydrogen) atoms. The second-order valence-electron chi connectivity index (χ2n) is 5.96. The molecule has 4 nitrogen and oxygen atoms in total. The zero-order valence-corrected chi connectivity index (χ0v) is 14.8. The van der Waals surface area contributed by atoms with Crippen LogP contribution in [0.1, 0.15) is 15.9 Å². The van der Waals surface area contributed by atoms with Crippen LogP contribution in [-0.4, -0.2) is 37.1 Å². The first kappa shape index (κ1) is 17.2. The van der Waals surface area contributed by atoms with Crippen molar-refractivity contribution in [3.63, 3.8) is 0 Å². The van der Waals surface area contributed by atoms with Gasteiger partial charge in [-0.3, -0.25) is 10.2 Å². The molecule has 2 N–H and O–H groups in total. The highest BCUT2D eigenvalue weighted by Gasteiger charge is 2.22. The Kier molecular flexibility index (Phi) is 5.74. The van der Waals surface area contributed by atoms with E-state index in [4.69, 9.17) is 23.2 Å². The lowest BCUT2D eigenvalue weighted by Crippen LogP contribution is -3.13. The molecule has 0 radical (unpaired) electrons. The lowest BCUT2D eigenvalue weighted by molar-refractivity contribution is -0.918. The number of carbonyl (C=O) groups excluding carboxylic acids is 1. The predicted octanol–water partition coefficient (Wildman–Crippen LogP) is 2.04. The third-order valence-corrected chi connectivity index (χ3v) is 4.75. The van der Waals surface area contributed by atoms with E-state index >= 15 is 0 Å². The Bertz CT molecular complexity index is 701. The topological polar surface area (TPSA) is 36.8 Å². The summed E-state index contributed by atoms with van der Waals surface area (Å²) in [6, 6.07) is 15.4. The van der Waals surface area contributed by atoms with Gasteiger partial charge in [0.15, 0.2) is 0 Å². The van der Waals surface area contributed by atoms with E-state index in [1.807, 2.05) is 11.1 Å². The largest absolute Gasteiger partial charge is 0.329 e. The number of amides is 1. The van der Waals surface area contributed by atoms with Crippen molar-refractivity contribution in [2.45, 2.75) is 6.54 Å². The summed E-state index contributed by atoms with van der Waals surface area (Å²) in [5.74, 6) is -0.192. The van der Waals surface area contributed by atoms with Crippen LogP contribution in [0.5, 0.6) is 0 Å². The van der Waals surface area contributed by atoms with Gasteiger partial charge >= 0.3 is 0 Å². The van der Waals surface area contributed by atoms with E-state index in [0.29, 0.717) is 15.6 Å². The van der Waals surface area contributed by atoms with Crippen LogP contribution in [0.2, 0.25) is 10.0 Å². The van der Waals surface area contributed by atoms with Gasteiger partial charge < -0.3 is 4.90 Å². The first-order valence-electron chi connectivity index (χ1n) is 8.00. The standard InChI is InChI=1S/C18H19Cl2N3O/c19-15-6-7-16(17(20)12-15)18(24)21-23-10-8-22(9-11-23)13-14-4-2-1-3-5-14/h1-7,12H,8-11,13H2,(H,21,24)/p+1. The third kappa shape index (κ3) is 4.48. The molecule has 1 heterocycles. The Morgan fingerprint density at radius 1 is 1.08 bits per heavy atom. The molecule has 1 amide bonds. The molecule has 126 valence electrons. The maximum Gasteiger partial charge on any atom is 0.267 e. The van der Waals surface area contributed by atoms with Gasteiger partial charge in [0.2, 0.25) is 0 Å². The van der Waals surface area contributed by atoms with Gasteiger partial charge in [0.1, 0.15) is 6.54 Å². The van der Waals surface area contributed by atoms with Gasteiger partial charge in [-0.05, 0) is 18.2 Å². The van der Waals surface area contributed by atoms with Crippen LogP contribution < -0.4 is 10.3 Å². The number of nitrogens with zero attached hydrogens (tertiary/aromatic N) is 1. The van der Waals surface area contributed by atoms with Crippen molar-refractivity contribution in [1.82, 2.24) is 10.4 Å². The molecule has 2 aromatic carbocycles. The number of hydrogen-bond donors (Lipinski definition) is 2. The normalized spacial score (nSPS) is 16.1. The van der Waals surface area contributed by atoms with Gasteiger partial charge in [0, 0.05) is 10.6 Å². The van der Waals surface area contributed by atoms with Crippen molar-refractivity contribution in [2.75, 3.05) is 26.2 Å². The molecule has 1 aliphatic rings. The van der Waals surface area contributed by atoms with Crippen molar-refractivity contribution in [2.24, 2.45) is 0 Å². The van der Waals surface area contributed by atoms with E-state index < -0.39 is 0 Å². The molecule has 2 aromatic rings. The van der Waals surface area contributed by atoms with Gasteiger partial charge in [-0.25, -0.2) is 5.01 Å². The molecule has 0 bridgehead atoms. The van der Waals surface area contributed by atoms with Gasteiger partial charge in [-0.15, -0.1) is 0 Å². The van der Waals surface area contributed by atoms with Crippen LogP contribution in [0.15, 0.2) is 48.5 Å². The Labute approximate surface area is 151 Å². The Morgan fingerprint density at radius 3 is 2.46 bits per heavy atom. The lowest BCUT2D eigenvalue weighted by atomic mass is 10.2. The minimum atomic E-state index is -0.192. The zero-order valence-electron chi connectivity index (χ0n) is 13.3. The van der Waals surface area contributed by atoms with E-state index in [0.717, 1.165) is 32.7 Å². The minimum Gasteiger partial charge on any atom is -0.329 e. The number of hydrazine groups is 1. The average molecular weight is 365 g/mol. The van der Waals surface area contributed by atoms with Crippen molar-refractivity contribution in [1.29, 1.82) is 0 Å². The number of nitrogens with one attached hydrogen (secondary N) is 2. The summed E-state index contributed by atoms with van der Waals surface area (Å²) in [5, 5.41) is 2.85. The number of carbonyl (C=O) groups is 1. The molecule has 1 aliphatic heterocycles. The van der Waals surface area contributed by atoms with E-state index in [-0.39, 0.29) is 5.91 Å². The number of rotatable bonds is 4. The Morgan fingerprint density at radius 2 is 1.79 bits per heavy atom. The van der Waals surface area contributed by atoms with E-state index in [1.54, 1.807) is 18.2 Å². The molecule has 1 saturated heterocycles. The van der Waals surface area contributed by atoms with Gasteiger partial charge in [-0.2, -0.15) is 0 Å². The molecule has 3 rings (SSSR count). The maximum atomic E-state index is 12.3. The van der Waals surface area contributed by atoms with Crippen molar-refractivity contribution in [3.05, 3.63) is 69.7 Å². The number of halogens is 2. The summed E-state index contributed by atoms with van der Waals surface area (Å²) < 4.78 is 0. The summed E-state index contributed by atoms with van der Waals surface area (Å²) in [6.07, 6.45) is 0. The fourth-order valence-electron chi connectivity index (χ4n) is 2.87. The van der Waals surface area contributed by atoms with Gasteiger partial charge in [-0.1, -0.05) is 53.5 Å². The lowest BCUT2D eigenvalue weighted by Gasteiger charge is -2.32. The summed E-state index contributed by atoms with van der Waals surface area (Å²) in [7, 11) is 0. The first-order chi connectivity index (χ1) is 11.6. The molecular weight excluding hydrogens is 345 g/mol. The molecular formula is C18H20Cl2N3O+. The molecule has 0 atom stereocenters. The van der Waals surface area contributed by atoms with E-state index in [1.165, 1.54) is 10.5 Å². The van der Waals surface area contributed by atoms with Crippen LogP contribution in [0.3, 0.4) is 0 Å². The summed E-state index contributed by atoms with van der Waals surface area (Å²) in [6.45, 7) is 4.64. The highest BCUT2D eigenvalue weighted by atomic mass is 35.5. The van der Waals surface area contributed by atoms with Crippen molar-refractivity contribution < 1.29 is 9.69 Å². The summed E-state index contributed by atoms with van der Waals surface area (Å²) in [4.78, 5) is 13.9. The van der Waals surface area contributed by atoms with E-state index in [2.05, 4.69) is 29.7 Å². The van der Waals surface area contributed by atoms with Crippen LogP contribution in [0, 0.1) is 0 Å². The Hall–Kier alpha value is -1.59. The smallest absolute Gasteiger partial charge is 0.267 e. The molecule has 0 saturated carbocycles. The van der Waals surface area contributed by atoms with Crippen molar-refractivity contribution >= 4 is 29.1 Å². The molecule has 0 unspecified atom stereocenters. The molecule has 0 aliphatic carbocycles. The van der Waals surface area contributed by atoms with Crippen LogP contribution in [0.25, 0.3) is 0 Å². The first-order valence-corrected chi connectivity index (χ1v) is 8.76. The number of quaternary nitrogens is 1. The second kappa shape index (κ2) is 7.99. The average Bonchev–Trinajstić information content (AvgIpc) is 2.57. The highest BCUT2D eigenvalue weighted by molar-refractivity contribution is 6.36. The second-order valence-corrected chi connectivity index (χ2v) is 6.81. The van der Waals surface area contributed by atoms with Gasteiger partial charge in [0.25, 0.3) is 5.91 Å². The fourth-order valence-corrected chi connectivity index (χ4v) is 3.37. The van der Waals surface area contributed by atoms with Gasteiger partial charge in [0.05, 0.1) is 36.8 Å². The summed E-state index contributed by atoms with van der Waals surface area (Å²) >= 11 is 12.0.